The highest BCUT2D eigenvalue weighted by Gasteiger charge is 2.22. The van der Waals surface area contributed by atoms with Gasteiger partial charge in [0, 0.05) is 11.3 Å². The van der Waals surface area contributed by atoms with Gasteiger partial charge in [-0.2, -0.15) is 12.6 Å². The van der Waals surface area contributed by atoms with Crippen molar-refractivity contribution >= 4 is 35.3 Å². The highest BCUT2D eigenvalue weighted by Crippen LogP contribution is 2.18. The Balaban J connectivity index is 1.68. The van der Waals surface area contributed by atoms with Crippen molar-refractivity contribution in [2.45, 2.75) is 12.6 Å². The zero-order chi connectivity index (χ0) is 18.4. The van der Waals surface area contributed by atoms with Crippen LogP contribution in [0.1, 0.15) is 15.9 Å². The number of ether oxygens (including phenoxy) is 1. The molecule has 0 aromatic heterocycles. The molecule has 4 nitrogen and oxygen atoms in total. The average molecular weight is 365 g/mol. The summed E-state index contributed by atoms with van der Waals surface area (Å²) < 4.78 is 5.30. The lowest BCUT2D eigenvalue weighted by Crippen LogP contribution is -2.43. The molecule has 0 saturated carbocycles. The highest BCUT2D eigenvalue weighted by molar-refractivity contribution is 7.80. The maximum absolute atomic E-state index is 12.7. The number of carbonyl (C=O) groups excluding carboxylic acids is 2. The first-order valence-corrected chi connectivity index (χ1v) is 8.92. The van der Waals surface area contributed by atoms with E-state index in [2.05, 4.69) is 17.9 Å². The van der Waals surface area contributed by atoms with Crippen LogP contribution in [0.2, 0.25) is 0 Å². The van der Waals surface area contributed by atoms with Crippen LogP contribution in [0.5, 0.6) is 0 Å². The fourth-order valence-electron chi connectivity index (χ4n) is 2.67. The second-order valence-electron chi connectivity index (χ2n) is 5.83. The lowest BCUT2D eigenvalue weighted by molar-refractivity contribution is -0.146. The summed E-state index contributed by atoms with van der Waals surface area (Å²) in [5.74, 6) is -0.667. The van der Waals surface area contributed by atoms with Gasteiger partial charge in [-0.3, -0.25) is 4.79 Å². The molecule has 0 aliphatic carbocycles. The number of nitrogens with one attached hydrogen (secondary N) is 1. The Morgan fingerprint density at radius 1 is 0.923 bits per heavy atom. The van der Waals surface area contributed by atoms with Gasteiger partial charge in [0.15, 0.2) is 0 Å². The zero-order valence-corrected chi connectivity index (χ0v) is 15.0. The maximum Gasteiger partial charge on any atom is 0.329 e. The van der Waals surface area contributed by atoms with Gasteiger partial charge in [0.05, 0.1) is 0 Å². The minimum Gasteiger partial charge on any atom is -0.459 e. The molecule has 0 radical (unpaired) electrons. The summed E-state index contributed by atoms with van der Waals surface area (Å²) in [5.41, 5.74) is 1.41. The van der Waals surface area contributed by atoms with E-state index < -0.39 is 12.0 Å². The Labute approximate surface area is 157 Å². The molecule has 0 unspecified atom stereocenters. The predicted molar refractivity (Wildman–Crippen MR) is 105 cm³/mol. The summed E-state index contributed by atoms with van der Waals surface area (Å²) in [4.78, 5) is 24.9. The normalized spacial score (nSPS) is 11.7. The third-order valence-corrected chi connectivity index (χ3v) is 4.40. The molecule has 0 spiro atoms. The summed E-state index contributed by atoms with van der Waals surface area (Å²) in [6.07, 6.45) is 0. The Kier molecular flexibility index (Phi) is 5.92. The van der Waals surface area contributed by atoms with Crippen LogP contribution in [-0.2, 0) is 16.1 Å². The molecule has 3 rings (SSSR count). The van der Waals surface area contributed by atoms with Crippen LogP contribution >= 0.6 is 12.6 Å². The monoisotopic (exact) mass is 365 g/mol. The minimum absolute atomic E-state index is 0.157. The molecule has 3 aromatic rings. The standard InChI is InChI=1S/C21H19NO3S/c23-20(18-12-6-10-16-9-4-5-11-17(16)18)22-19(14-26)21(24)25-13-15-7-2-1-3-8-15/h1-12,19,26H,13-14H2,(H,22,23)/t19-/m0/s1. The average Bonchev–Trinajstić information content (AvgIpc) is 2.70. The van der Waals surface area contributed by atoms with Crippen LogP contribution in [-0.4, -0.2) is 23.7 Å². The molecule has 0 aliphatic heterocycles. The highest BCUT2D eigenvalue weighted by atomic mass is 32.1. The summed E-state index contributed by atoms with van der Waals surface area (Å²) in [5, 5.41) is 4.52. The van der Waals surface area contributed by atoms with E-state index in [0.29, 0.717) is 5.56 Å². The number of carbonyl (C=O) groups is 2. The van der Waals surface area contributed by atoms with E-state index in [-0.39, 0.29) is 18.3 Å². The Bertz CT molecular complexity index is 906. The van der Waals surface area contributed by atoms with Gasteiger partial charge in [-0.25, -0.2) is 4.79 Å². The van der Waals surface area contributed by atoms with Gasteiger partial charge < -0.3 is 10.1 Å². The summed E-state index contributed by atoms with van der Waals surface area (Å²) in [6.45, 7) is 0.161. The number of rotatable bonds is 6. The van der Waals surface area contributed by atoms with Crippen molar-refractivity contribution in [1.29, 1.82) is 0 Å². The maximum atomic E-state index is 12.7. The van der Waals surface area contributed by atoms with Gasteiger partial charge in [-0.15, -0.1) is 0 Å². The number of thiol groups is 1. The quantitative estimate of drug-likeness (QED) is 0.518. The van der Waals surface area contributed by atoms with Gasteiger partial charge in [-0.05, 0) is 22.4 Å². The topological polar surface area (TPSA) is 55.4 Å². The van der Waals surface area contributed by atoms with E-state index in [1.165, 1.54) is 0 Å². The minimum atomic E-state index is -0.812. The first-order valence-electron chi connectivity index (χ1n) is 8.29. The molecular weight excluding hydrogens is 346 g/mol. The fraction of sp³-hybridized carbons (Fsp3) is 0.143. The predicted octanol–water partition coefficient (Wildman–Crippen LogP) is 3.61. The summed E-state index contributed by atoms with van der Waals surface area (Å²) in [6, 6.07) is 21.7. The van der Waals surface area contributed by atoms with Crippen molar-refractivity contribution in [3.05, 3.63) is 83.9 Å². The van der Waals surface area contributed by atoms with E-state index in [1.54, 1.807) is 6.07 Å². The van der Waals surface area contributed by atoms with Crippen LogP contribution in [0.15, 0.2) is 72.8 Å². The molecule has 0 saturated heterocycles. The van der Waals surface area contributed by atoms with Crippen molar-refractivity contribution in [2.24, 2.45) is 0 Å². The first-order chi connectivity index (χ1) is 12.7. The van der Waals surface area contributed by atoms with E-state index >= 15 is 0 Å². The molecule has 132 valence electrons. The molecule has 0 bridgehead atoms. The Morgan fingerprint density at radius 3 is 2.38 bits per heavy atom. The summed E-state index contributed by atoms with van der Waals surface area (Å²) >= 11 is 4.18. The second kappa shape index (κ2) is 8.54. The van der Waals surface area contributed by atoms with E-state index in [9.17, 15) is 9.59 Å². The molecule has 0 heterocycles. The Morgan fingerprint density at radius 2 is 1.62 bits per heavy atom. The molecule has 1 N–H and O–H groups in total. The van der Waals surface area contributed by atoms with Gasteiger partial charge >= 0.3 is 5.97 Å². The van der Waals surface area contributed by atoms with Crippen LogP contribution < -0.4 is 5.32 Å². The van der Waals surface area contributed by atoms with Crippen LogP contribution in [0.3, 0.4) is 0 Å². The molecule has 1 atom stereocenters. The molecule has 0 aliphatic rings. The van der Waals surface area contributed by atoms with Gasteiger partial charge in [0.25, 0.3) is 5.91 Å². The number of esters is 1. The molecule has 1 amide bonds. The van der Waals surface area contributed by atoms with E-state index in [4.69, 9.17) is 4.74 Å². The van der Waals surface area contributed by atoms with Gasteiger partial charge in [0.1, 0.15) is 12.6 Å². The van der Waals surface area contributed by atoms with E-state index in [1.807, 2.05) is 66.7 Å². The number of fused-ring (bicyclic) bond motifs is 1. The van der Waals surface area contributed by atoms with Crippen molar-refractivity contribution in [2.75, 3.05) is 5.75 Å². The third-order valence-electron chi connectivity index (χ3n) is 4.03. The lowest BCUT2D eigenvalue weighted by atomic mass is 10.0. The number of hydrogen-bond donors (Lipinski definition) is 2. The van der Waals surface area contributed by atoms with Gasteiger partial charge in [-0.1, -0.05) is 66.7 Å². The van der Waals surface area contributed by atoms with Crippen molar-refractivity contribution < 1.29 is 14.3 Å². The molecule has 0 fully saturated rings. The van der Waals surface area contributed by atoms with Crippen LogP contribution in [0.4, 0.5) is 0 Å². The SMILES string of the molecule is O=C(N[C@@H](CS)C(=O)OCc1ccccc1)c1cccc2ccccc12. The summed E-state index contributed by atoms with van der Waals surface area (Å²) in [7, 11) is 0. The smallest absolute Gasteiger partial charge is 0.329 e. The molecular formula is C21H19NO3S. The Hall–Kier alpha value is -2.79. The molecule has 5 heteroatoms. The largest absolute Gasteiger partial charge is 0.459 e. The van der Waals surface area contributed by atoms with Gasteiger partial charge in [0.2, 0.25) is 0 Å². The van der Waals surface area contributed by atoms with E-state index in [0.717, 1.165) is 16.3 Å². The first kappa shape index (κ1) is 18.0. The number of amides is 1. The van der Waals surface area contributed by atoms with Crippen molar-refractivity contribution in [3.8, 4) is 0 Å². The van der Waals surface area contributed by atoms with Crippen molar-refractivity contribution in [3.63, 3.8) is 0 Å². The lowest BCUT2D eigenvalue weighted by Gasteiger charge is -2.16. The number of hydrogen-bond acceptors (Lipinski definition) is 4. The van der Waals surface area contributed by atoms with Crippen molar-refractivity contribution in [1.82, 2.24) is 5.32 Å². The molecule has 26 heavy (non-hydrogen) atoms. The zero-order valence-electron chi connectivity index (χ0n) is 14.1. The number of benzene rings is 3. The van der Waals surface area contributed by atoms with Crippen LogP contribution in [0.25, 0.3) is 10.8 Å². The fourth-order valence-corrected chi connectivity index (χ4v) is 2.91. The molecule has 3 aromatic carbocycles. The third kappa shape index (κ3) is 4.24. The van der Waals surface area contributed by atoms with Crippen LogP contribution in [0, 0.1) is 0 Å². The second-order valence-corrected chi connectivity index (χ2v) is 6.19.